The molecule has 3 heteroatoms. The Labute approximate surface area is 121 Å². The zero-order chi connectivity index (χ0) is 13.1. The molecule has 0 bridgehead atoms. The minimum absolute atomic E-state index is 0.523. The lowest BCUT2D eigenvalue weighted by molar-refractivity contribution is 0.178. The first-order valence-electron chi connectivity index (χ1n) is 5.75. The van der Waals surface area contributed by atoms with E-state index in [0.29, 0.717) is 11.4 Å². The summed E-state index contributed by atoms with van der Waals surface area (Å²) in [5, 5.41) is 10.9. The Morgan fingerprint density at radius 2 is 2.00 bits per heavy atom. The largest absolute Gasteiger partial charge is 0.388 e. The molecule has 0 aliphatic rings. The van der Waals surface area contributed by atoms with Gasteiger partial charge in [0.15, 0.2) is 0 Å². The smallest absolute Gasteiger partial charge is 0.0831 e. The fourth-order valence-electron chi connectivity index (χ4n) is 1.86. The van der Waals surface area contributed by atoms with Crippen molar-refractivity contribution in [3.63, 3.8) is 0 Å². The first-order chi connectivity index (χ1) is 8.56. The van der Waals surface area contributed by atoms with Crippen LogP contribution in [0.1, 0.15) is 22.8 Å². The molecule has 18 heavy (non-hydrogen) atoms. The van der Waals surface area contributed by atoms with Crippen molar-refractivity contribution in [3.8, 4) is 0 Å². The molecule has 0 aromatic heterocycles. The maximum Gasteiger partial charge on any atom is 0.0831 e. The molecular weight excluding hydrogens is 312 g/mol. The fraction of sp³-hybridized carbons (Fsp3) is 0.200. The lowest BCUT2D eigenvalue weighted by Gasteiger charge is -2.13. The van der Waals surface area contributed by atoms with Gasteiger partial charge in [0.2, 0.25) is 0 Å². The van der Waals surface area contributed by atoms with E-state index in [1.54, 1.807) is 0 Å². The molecule has 1 unspecified atom stereocenters. The molecule has 94 valence electrons. The van der Waals surface area contributed by atoms with Crippen molar-refractivity contribution in [1.82, 2.24) is 0 Å². The van der Waals surface area contributed by atoms with Gasteiger partial charge in [-0.3, -0.25) is 0 Å². The highest BCUT2D eigenvalue weighted by Gasteiger charge is 2.11. The van der Waals surface area contributed by atoms with Gasteiger partial charge in [0.1, 0.15) is 0 Å². The van der Waals surface area contributed by atoms with E-state index in [-0.39, 0.29) is 0 Å². The molecule has 2 aromatic carbocycles. The minimum atomic E-state index is -0.539. The summed E-state index contributed by atoms with van der Waals surface area (Å²) in [6, 6.07) is 13.6. The number of hydrogen-bond acceptors (Lipinski definition) is 1. The number of benzene rings is 2. The van der Waals surface area contributed by atoms with E-state index >= 15 is 0 Å². The molecule has 0 radical (unpaired) electrons. The second-order valence-corrected chi connectivity index (χ2v) is 5.69. The maximum absolute atomic E-state index is 10.2. The summed E-state index contributed by atoms with van der Waals surface area (Å²) in [6.07, 6.45) is -0.0158. The molecule has 0 heterocycles. The summed E-state index contributed by atoms with van der Waals surface area (Å²) in [5.41, 5.74) is 2.98. The standard InChI is InChI=1S/C15H14BrClO/c1-10-5-6-11(14(17)7-10)9-15(18)12-3-2-4-13(16)8-12/h2-8,15,18H,9H2,1H3. The van der Waals surface area contributed by atoms with E-state index in [0.717, 1.165) is 21.2 Å². The quantitative estimate of drug-likeness (QED) is 0.868. The summed E-state index contributed by atoms with van der Waals surface area (Å²) in [6.45, 7) is 2.00. The van der Waals surface area contributed by atoms with E-state index in [1.165, 1.54) is 0 Å². The van der Waals surface area contributed by atoms with Crippen LogP contribution in [0.3, 0.4) is 0 Å². The number of hydrogen-bond donors (Lipinski definition) is 1. The van der Waals surface area contributed by atoms with Gasteiger partial charge in [-0.25, -0.2) is 0 Å². The van der Waals surface area contributed by atoms with Crippen molar-refractivity contribution in [3.05, 3.63) is 68.7 Å². The van der Waals surface area contributed by atoms with Crippen LogP contribution >= 0.6 is 27.5 Å². The summed E-state index contributed by atoms with van der Waals surface area (Å²) in [4.78, 5) is 0. The zero-order valence-electron chi connectivity index (χ0n) is 10.0. The van der Waals surface area contributed by atoms with Crippen LogP contribution < -0.4 is 0 Å². The third-order valence-corrected chi connectivity index (χ3v) is 3.70. The van der Waals surface area contributed by atoms with E-state index in [1.807, 2.05) is 49.4 Å². The molecule has 1 N–H and O–H groups in total. The van der Waals surface area contributed by atoms with Crippen molar-refractivity contribution < 1.29 is 5.11 Å². The lowest BCUT2D eigenvalue weighted by atomic mass is 10.0. The van der Waals surface area contributed by atoms with Gasteiger partial charge in [0, 0.05) is 15.9 Å². The monoisotopic (exact) mass is 324 g/mol. The summed E-state index contributed by atoms with van der Waals surface area (Å²) < 4.78 is 0.967. The van der Waals surface area contributed by atoms with Gasteiger partial charge in [0.25, 0.3) is 0 Å². The van der Waals surface area contributed by atoms with Crippen LogP contribution in [0.15, 0.2) is 46.9 Å². The molecule has 2 aromatic rings. The Bertz CT molecular complexity index is 554. The van der Waals surface area contributed by atoms with E-state index in [9.17, 15) is 5.11 Å². The van der Waals surface area contributed by atoms with Crippen LogP contribution in [0.4, 0.5) is 0 Å². The topological polar surface area (TPSA) is 20.2 Å². The van der Waals surface area contributed by atoms with Gasteiger partial charge in [-0.2, -0.15) is 0 Å². The van der Waals surface area contributed by atoms with Crippen molar-refractivity contribution in [2.24, 2.45) is 0 Å². The van der Waals surface area contributed by atoms with Crippen LogP contribution in [-0.4, -0.2) is 5.11 Å². The van der Waals surface area contributed by atoms with Gasteiger partial charge in [-0.1, -0.05) is 51.8 Å². The predicted octanol–water partition coefficient (Wildman–Crippen LogP) is 4.69. The third kappa shape index (κ3) is 3.35. The number of aryl methyl sites for hydroxylation is 1. The summed E-state index contributed by atoms with van der Waals surface area (Å²) in [5.74, 6) is 0. The number of halogens is 2. The molecule has 0 aliphatic heterocycles. The molecule has 0 aliphatic carbocycles. The second kappa shape index (κ2) is 5.87. The van der Waals surface area contributed by atoms with Crippen molar-refractivity contribution >= 4 is 27.5 Å². The van der Waals surface area contributed by atoms with Gasteiger partial charge >= 0.3 is 0 Å². The number of rotatable bonds is 3. The zero-order valence-corrected chi connectivity index (χ0v) is 12.4. The normalized spacial score (nSPS) is 12.4. The van der Waals surface area contributed by atoms with Crippen LogP contribution in [-0.2, 0) is 6.42 Å². The molecule has 0 spiro atoms. The Kier molecular flexibility index (Phi) is 4.44. The molecule has 0 amide bonds. The Hall–Kier alpha value is -0.830. The second-order valence-electron chi connectivity index (χ2n) is 4.37. The average molecular weight is 326 g/mol. The fourth-order valence-corrected chi connectivity index (χ4v) is 2.59. The van der Waals surface area contributed by atoms with Gasteiger partial charge in [0.05, 0.1) is 6.10 Å². The van der Waals surface area contributed by atoms with Crippen molar-refractivity contribution in [2.75, 3.05) is 0 Å². The first-order valence-corrected chi connectivity index (χ1v) is 6.92. The predicted molar refractivity (Wildman–Crippen MR) is 79.0 cm³/mol. The molecule has 0 saturated heterocycles. The average Bonchev–Trinajstić information content (AvgIpc) is 2.32. The molecule has 2 rings (SSSR count). The van der Waals surface area contributed by atoms with E-state index in [2.05, 4.69) is 15.9 Å². The van der Waals surface area contributed by atoms with E-state index < -0.39 is 6.10 Å². The van der Waals surface area contributed by atoms with Crippen LogP contribution in [0, 0.1) is 6.92 Å². The van der Waals surface area contributed by atoms with Crippen molar-refractivity contribution in [1.29, 1.82) is 0 Å². The Morgan fingerprint density at radius 3 is 2.67 bits per heavy atom. The minimum Gasteiger partial charge on any atom is -0.388 e. The van der Waals surface area contributed by atoms with Crippen molar-refractivity contribution in [2.45, 2.75) is 19.4 Å². The lowest BCUT2D eigenvalue weighted by Crippen LogP contribution is -2.02. The molecule has 0 fully saturated rings. The molecular formula is C15H14BrClO. The van der Waals surface area contributed by atoms with Crippen LogP contribution in [0.2, 0.25) is 5.02 Å². The SMILES string of the molecule is Cc1ccc(CC(O)c2cccc(Br)c2)c(Cl)c1. The highest BCUT2D eigenvalue weighted by atomic mass is 79.9. The Balaban J connectivity index is 2.18. The summed E-state index contributed by atoms with van der Waals surface area (Å²) in [7, 11) is 0. The number of aliphatic hydroxyl groups excluding tert-OH is 1. The Morgan fingerprint density at radius 1 is 1.22 bits per heavy atom. The highest BCUT2D eigenvalue weighted by molar-refractivity contribution is 9.10. The van der Waals surface area contributed by atoms with Crippen LogP contribution in [0.25, 0.3) is 0 Å². The maximum atomic E-state index is 10.2. The third-order valence-electron chi connectivity index (χ3n) is 2.86. The highest BCUT2D eigenvalue weighted by Crippen LogP contribution is 2.25. The first kappa shape index (κ1) is 13.6. The summed E-state index contributed by atoms with van der Waals surface area (Å²) >= 11 is 9.57. The van der Waals surface area contributed by atoms with Gasteiger partial charge in [-0.05, 0) is 41.8 Å². The van der Waals surface area contributed by atoms with Gasteiger partial charge < -0.3 is 5.11 Å². The van der Waals surface area contributed by atoms with E-state index in [4.69, 9.17) is 11.6 Å². The number of aliphatic hydroxyl groups is 1. The molecule has 1 nitrogen and oxygen atoms in total. The molecule has 0 saturated carbocycles. The molecule has 1 atom stereocenters. The van der Waals surface area contributed by atoms with Gasteiger partial charge in [-0.15, -0.1) is 0 Å². The van der Waals surface area contributed by atoms with Crippen LogP contribution in [0.5, 0.6) is 0 Å².